The number of aliphatic hydroxyl groups is 1. The normalized spacial score (nSPS) is 25.6. The fraction of sp³-hybridized carbons (Fsp3) is 0.571. The number of likely N-dealkylation sites (tertiary alicyclic amines) is 1. The zero-order valence-corrected chi connectivity index (χ0v) is 11.9. The molecule has 3 rings (SSSR count). The highest BCUT2D eigenvalue weighted by Crippen LogP contribution is 2.32. The van der Waals surface area contributed by atoms with Crippen molar-refractivity contribution in [3.63, 3.8) is 0 Å². The molecule has 2 N–H and O–H groups in total. The SMILES string of the molecule is O=C(O)[C@H]1C[C@@H](O)CN1C(=O)c1csc2c1CCCC2. The number of carbonyl (C=O) groups is 2. The van der Waals surface area contributed by atoms with Gasteiger partial charge in [-0.2, -0.15) is 0 Å². The van der Waals surface area contributed by atoms with Gasteiger partial charge in [-0.25, -0.2) is 4.79 Å². The van der Waals surface area contributed by atoms with Crippen LogP contribution in [0.2, 0.25) is 0 Å². The monoisotopic (exact) mass is 295 g/mol. The smallest absolute Gasteiger partial charge is 0.326 e. The number of fused-ring (bicyclic) bond motifs is 1. The quantitative estimate of drug-likeness (QED) is 0.862. The summed E-state index contributed by atoms with van der Waals surface area (Å²) in [5.74, 6) is -1.28. The Kier molecular flexibility index (Phi) is 3.52. The molecule has 1 fully saturated rings. The van der Waals surface area contributed by atoms with Crippen molar-refractivity contribution in [2.45, 2.75) is 44.2 Å². The molecule has 20 heavy (non-hydrogen) atoms. The molecule has 2 heterocycles. The highest BCUT2D eigenvalue weighted by molar-refractivity contribution is 7.10. The lowest BCUT2D eigenvalue weighted by atomic mass is 9.95. The van der Waals surface area contributed by atoms with E-state index in [2.05, 4.69) is 0 Å². The number of carboxylic acid groups (broad SMARTS) is 1. The number of carbonyl (C=O) groups excluding carboxylic acids is 1. The average molecular weight is 295 g/mol. The van der Waals surface area contributed by atoms with Gasteiger partial charge in [0.1, 0.15) is 6.04 Å². The number of aliphatic hydroxyl groups excluding tert-OH is 1. The first-order valence-corrected chi connectivity index (χ1v) is 7.77. The van der Waals surface area contributed by atoms with Crippen LogP contribution >= 0.6 is 11.3 Å². The summed E-state index contributed by atoms with van der Waals surface area (Å²) in [5, 5.41) is 20.7. The van der Waals surface area contributed by atoms with Gasteiger partial charge in [0.05, 0.1) is 11.7 Å². The van der Waals surface area contributed by atoms with E-state index in [4.69, 9.17) is 0 Å². The van der Waals surface area contributed by atoms with Crippen LogP contribution in [-0.2, 0) is 17.6 Å². The molecular formula is C14H17NO4S. The van der Waals surface area contributed by atoms with Gasteiger partial charge in [-0.1, -0.05) is 0 Å². The zero-order chi connectivity index (χ0) is 14.3. The van der Waals surface area contributed by atoms with E-state index in [-0.39, 0.29) is 18.9 Å². The predicted molar refractivity (Wildman–Crippen MR) is 74.0 cm³/mol. The van der Waals surface area contributed by atoms with E-state index in [0.29, 0.717) is 5.56 Å². The van der Waals surface area contributed by atoms with Crippen LogP contribution in [0.25, 0.3) is 0 Å². The van der Waals surface area contributed by atoms with Gasteiger partial charge in [0, 0.05) is 23.2 Å². The molecular weight excluding hydrogens is 278 g/mol. The molecule has 108 valence electrons. The highest BCUT2D eigenvalue weighted by Gasteiger charge is 2.40. The standard InChI is InChI=1S/C14H17NO4S/c16-8-5-11(14(18)19)15(6-8)13(17)10-7-20-12-4-2-1-3-9(10)12/h7-8,11,16H,1-6H2,(H,18,19)/t8-,11-/m1/s1. The third-order valence-corrected chi connectivity index (χ3v) is 5.21. The van der Waals surface area contributed by atoms with Crippen molar-refractivity contribution >= 4 is 23.2 Å². The van der Waals surface area contributed by atoms with Gasteiger partial charge in [0.15, 0.2) is 0 Å². The van der Waals surface area contributed by atoms with Gasteiger partial charge in [-0.15, -0.1) is 11.3 Å². The van der Waals surface area contributed by atoms with Crippen molar-refractivity contribution in [2.24, 2.45) is 0 Å². The summed E-state index contributed by atoms with van der Waals surface area (Å²) < 4.78 is 0. The number of aliphatic carboxylic acids is 1. The molecule has 1 aromatic rings. The molecule has 5 nitrogen and oxygen atoms in total. The molecule has 1 saturated heterocycles. The van der Waals surface area contributed by atoms with E-state index in [1.807, 2.05) is 5.38 Å². The summed E-state index contributed by atoms with van der Waals surface area (Å²) in [6, 6.07) is -0.906. The van der Waals surface area contributed by atoms with Crippen molar-refractivity contribution in [2.75, 3.05) is 6.54 Å². The summed E-state index contributed by atoms with van der Waals surface area (Å²) in [6.45, 7) is 0.112. The van der Waals surface area contributed by atoms with Crippen LogP contribution in [0.1, 0.15) is 40.1 Å². The maximum Gasteiger partial charge on any atom is 0.326 e. The lowest BCUT2D eigenvalue weighted by molar-refractivity contribution is -0.141. The van der Waals surface area contributed by atoms with E-state index in [1.54, 1.807) is 11.3 Å². The molecule has 1 amide bonds. The number of rotatable bonds is 2. The highest BCUT2D eigenvalue weighted by atomic mass is 32.1. The molecule has 1 aromatic heterocycles. The number of aryl methyl sites for hydroxylation is 1. The maximum atomic E-state index is 12.6. The molecule has 2 aliphatic rings. The first kappa shape index (κ1) is 13.6. The van der Waals surface area contributed by atoms with Crippen LogP contribution in [0.15, 0.2) is 5.38 Å². The largest absolute Gasteiger partial charge is 0.480 e. The fourth-order valence-electron chi connectivity index (χ4n) is 3.10. The maximum absolute atomic E-state index is 12.6. The Bertz CT molecular complexity index is 553. The van der Waals surface area contributed by atoms with Gasteiger partial charge in [-0.05, 0) is 31.2 Å². The van der Waals surface area contributed by atoms with E-state index in [9.17, 15) is 19.8 Å². The number of thiophene rings is 1. The van der Waals surface area contributed by atoms with Crippen molar-refractivity contribution < 1.29 is 19.8 Å². The van der Waals surface area contributed by atoms with Gasteiger partial charge in [0.25, 0.3) is 5.91 Å². The lowest BCUT2D eigenvalue weighted by Gasteiger charge is -2.22. The summed E-state index contributed by atoms with van der Waals surface area (Å²) in [5.41, 5.74) is 1.74. The second kappa shape index (κ2) is 5.18. The molecule has 0 aromatic carbocycles. The first-order chi connectivity index (χ1) is 9.58. The van der Waals surface area contributed by atoms with E-state index < -0.39 is 18.1 Å². The van der Waals surface area contributed by atoms with Crippen molar-refractivity contribution in [3.05, 3.63) is 21.4 Å². The molecule has 2 atom stereocenters. The van der Waals surface area contributed by atoms with Crippen LogP contribution < -0.4 is 0 Å². The Morgan fingerprint density at radius 3 is 2.80 bits per heavy atom. The van der Waals surface area contributed by atoms with Crippen LogP contribution in [-0.4, -0.2) is 45.7 Å². The number of hydrogen-bond acceptors (Lipinski definition) is 4. The topological polar surface area (TPSA) is 77.8 Å². The summed E-state index contributed by atoms with van der Waals surface area (Å²) >= 11 is 1.59. The minimum atomic E-state index is -1.04. The zero-order valence-electron chi connectivity index (χ0n) is 11.0. The number of amides is 1. The first-order valence-electron chi connectivity index (χ1n) is 6.89. The van der Waals surface area contributed by atoms with E-state index in [0.717, 1.165) is 31.2 Å². The summed E-state index contributed by atoms with van der Waals surface area (Å²) in [7, 11) is 0. The predicted octanol–water partition coefficient (Wildman–Crippen LogP) is 1.29. The lowest BCUT2D eigenvalue weighted by Crippen LogP contribution is -2.40. The average Bonchev–Trinajstić information content (AvgIpc) is 3.01. The van der Waals surface area contributed by atoms with Crippen LogP contribution in [0.3, 0.4) is 0 Å². The number of nitrogens with zero attached hydrogens (tertiary/aromatic N) is 1. The Balaban J connectivity index is 1.88. The number of carboxylic acids is 1. The summed E-state index contributed by atoms with van der Waals surface area (Å²) in [4.78, 5) is 26.4. The second-order valence-electron chi connectivity index (χ2n) is 5.46. The number of hydrogen-bond donors (Lipinski definition) is 2. The van der Waals surface area contributed by atoms with Crippen molar-refractivity contribution in [1.29, 1.82) is 0 Å². The minimum Gasteiger partial charge on any atom is -0.480 e. The molecule has 0 radical (unpaired) electrons. The third kappa shape index (κ3) is 2.23. The minimum absolute atomic E-state index is 0.112. The number of β-amino-alcohol motifs (C(OH)–C–C–N with tert-alkyl or cyclic N) is 1. The summed E-state index contributed by atoms with van der Waals surface area (Å²) in [6.07, 6.45) is 3.52. The van der Waals surface area contributed by atoms with E-state index in [1.165, 1.54) is 9.78 Å². The molecule has 0 saturated carbocycles. The fourth-order valence-corrected chi connectivity index (χ4v) is 4.22. The molecule has 0 unspecified atom stereocenters. The van der Waals surface area contributed by atoms with Crippen LogP contribution in [0, 0.1) is 0 Å². The van der Waals surface area contributed by atoms with Crippen molar-refractivity contribution in [3.8, 4) is 0 Å². The second-order valence-corrected chi connectivity index (χ2v) is 6.42. The van der Waals surface area contributed by atoms with Gasteiger partial charge in [0.2, 0.25) is 0 Å². The molecule has 6 heteroatoms. The Labute approximate surface area is 120 Å². The molecule has 0 bridgehead atoms. The van der Waals surface area contributed by atoms with Crippen molar-refractivity contribution in [1.82, 2.24) is 4.90 Å². The Morgan fingerprint density at radius 1 is 1.30 bits per heavy atom. The van der Waals surface area contributed by atoms with Gasteiger partial charge in [-0.3, -0.25) is 4.79 Å². The Hall–Kier alpha value is -1.40. The third-order valence-electron chi connectivity index (χ3n) is 4.12. The Morgan fingerprint density at radius 2 is 2.05 bits per heavy atom. The van der Waals surface area contributed by atoms with Gasteiger partial charge < -0.3 is 15.1 Å². The van der Waals surface area contributed by atoms with E-state index >= 15 is 0 Å². The van der Waals surface area contributed by atoms with Gasteiger partial charge >= 0.3 is 5.97 Å². The molecule has 1 aliphatic carbocycles. The van der Waals surface area contributed by atoms with Crippen LogP contribution in [0.4, 0.5) is 0 Å². The molecule has 1 aliphatic heterocycles. The van der Waals surface area contributed by atoms with Crippen LogP contribution in [0.5, 0.6) is 0 Å². The molecule has 0 spiro atoms.